The molecule has 0 saturated heterocycles. The van der Waals surface area contributed by atoms with Gasteiger partial charge in [0.25, 0.3) is 0 Å². The van der Waals surface area contributed by atoms with Gasteiger partial charge in [-0.2, -0.15) is 0 Å². The molecule has 0 amide bonds. The first-order valence-corrected chi connectivity index (χ1v) is 8.29. The van der Waals surface area contributed by atoms with Crippen LogP contribution in [0.5, 0.6) is 0 Å². The fraction of sp³-hybridized carbons (Fsp3) is 0.571. The van der Waals surface area contributed by atoms with Crippen molar-refractivity contribution in [1.29, 1.82) is 0 Å². The smallest absolute Gasteiger partial charge is 0.0945 e. The van der Waals surface area contributed by atoms with Gasteiger partial charge in [0.15, 0.2) is 0 Å². The van der Waals surface area contributed by atoms with E-state index in [0.717, 1.165) is 19.3 Å². The first-order chi connectivity index (χ1) is 8.72. The highest BCUT2D eigenvalue weighted by atomic mass is 35.5. The van der Waals surface area contributed by atoms with Crippen LogP contribution in [0, 0.1) is 5.92 Å². The van der Waals surface area contributed by atoms with Gasteiger partial charge in [-0.3, -0.25) is 5.14 Å². The summed E-state index contributed by atoms with van der Waals surface area (Å²) in [7, 11) is -1.29. The molecule has 0 spiro atoms. The summed E-state index contributed by atoms with van der Waals surface area (Å²) >= 11 is 11.9. The van der Waals surface area contributed by atoms with Gasteiger partial charge in [0.05, 0.1) is 25.8 Å². The van der Waals surface area contributed by atoms with Crippen molar-refractivity contribution >= 4 is 34.2 Å². The van der Waals surface area contributed by atoms with E-state index in [1.165, 1.54) is 5.56 Å². The highest BCUT2D eigenvalue weighted by Crippen LogP contribution is 2.26. The minimum Gasteiger partial charge on any atom is -0.251 e. The molecule has 0 fully saturated rings. The normalized spacial score (nSPS) is 15.3. The minimum atomic E-state index is -1.29. The fourth-order valence-electron chi connectivity index (χ4n) is 2.13. The predicted molar refractivity (Wildman–Crippen MR) is 85.0 cm³/mol. The van der Waals surface area contributed by atoms with E-state index in [-0.39, 0.29) is 4.75 Å². The molecule has 1 aromatic rings. The molecule has 2 nitrogen and oxygen atoms in total. The highest BCUT2D eigenvalue weighted by Gasteiger charge is 2.25. The highest BCUT2D eigenvalue weighted by molar-refractivity contribution is 7.84. The van der Waals surface area contributed by atoms with Gasteiger partial charge < -0.3 is 0 Å². The molecule has 0 saturated carbocycles. The number of hydrogen-bond acceptors (Lipinski definition) is 1. The third-order valence-corrected chi connectivity index (χ3v) is 5.29. The lowest BCUT2D eigenvalue weighted by molar-refractivity contribution is 0.432. The summed E-state index contributed by atoms with van der Waals surface area (Å²) in [4.78, 5) is 0. The Hall–Kier alpha value is -0.0900. The van der Waals surface area contributed by atoms with Crippen molar-refractivity contribution in [1.82, 2.24) is 0 Å². The zero-order valence-electron chi connectivity index (χ0n) is 11.6. The molecule has 108 valence electrons. The average molecular weight is 322 g/mol. The SMILES string of the molecule is C[C@@H](CCc1ccc(Cl)c(Cl)c1)CC(C)(C)S(N)=O. The zero-order chi connectivity index (χ0) is 14.6. The molecule has 2 atom stereocenters. The number of aryl methyl sites for hydroxylation is 1. The number of rotatable bonds is 6. The van der Waals surface area contributed by atoms with Gasteiger partial charge in [-0.1, -0.05) is 36.2 Å². The van der Waals surface area contributed by atoms with Crippen LogP contribution in [0.4, 0.5) is 0 Å². The molecular formula is C14H21Cl2NOS. The van der Waals surface area contributed by atoms with Crippen molar-refractivity contribution in [2.24, 2.45) is 11.1 Å². The van der Waals surface area contributed by atoms with Crippen LogP contribution in [0.3, 0.4) is 0 Å². The number of benzene rings is 1. The van der Waals surface area contributed by atoms with Crippen LogP contribution in [0.2, 0.25) is 10.0 Å². The Morgan fingerprint density at radius 3 is 2.47 bits per heavy atom. The maximum Gasteiger partial charge on any atom is 0.0945 e. The van der Waals surface area contributed by atoms with Gasteiger partial charge in [-0.25, -0.2) is 4.21 Å². The monoisotopic (exact) mass is 321 g/mol. The van der Waals surface area contributed by atoms with Crippen molar-refractivity contribution in [3.63, 3.8) is 0 Å². The summed E-state index contributed by atoms with van der Waals surface area (Å²) in [5.41, 5.74) is 1.17. The van der Waals surface area contributed by atoms with Crippen LogP contribution in [0.1, 0.15) is 39.2 Å². The molecular weight excluding hydrogens is 301 g/mol. The van der Waals surface area contributed by atoms with Crippen LogP contribution in [0.25, 0.3) is 0 Å². The zero-order valence-corrected chi connectivity index (χ0v) is 13.9. The second-order valence-electron chi connectivity index (χ2n) is 5.65. The summed E-state index contributed by atoms with van der Waals surface area (Å²) in [5, 5.41) is 6.68. The van der Waals surface area contributed by atoms with Gasteiger partial charge in [-0.15, -0.1) is 0 Å². The Labute approximate surface area is 128 Å². The van der Waals surface area contributed by atoms with Crippen molar-refractivity contribution < 1.29 is 4.21 Å². The topological polar surface area (TPSA) is 43.1 Å². The van der Waals surface area contributed by atoms with E-state index in [2.05, 4.69) is 6.92 Å². The molecule has 0 bridgehead atoms. The van der Waals surface area contributed by atoms with Crippen LogP contribution < -0.4 is 5.14 Å². The first kappa shape index (κ1) is 17.0. The molecule has 0 aliphatic carbocycles. The second-order valence-corrected chi connectivity index (χ2v) is 8.17. The van der Waals surface area contributed by atoms with Crippen LogP contribution in [-0.4, -0.2) is 8.96 Å². The first-order valence-electron chi connectivity index (χ1n) is 6.32. The molecule has 0 radical (unpaired) electrons. The van der Waals surface area contributed by atoms with Gasteiger partial charge in [-0.05, 0) is 56.7 Å². The number of halogens is 2. The lowest BCUT2D eigenvalue weighted by atomic mass is 9.92. The van der Waals surface area contributed by atoms with Crippen LogP contribution >= 0.6 is 23.2 Å². The minimum absolute atomic E-state index is 0.336. The van der Waals surface area contributed by atoms with E-state index < -0.39 is 11.0 Å². The third-order valence-electron chi connectivity index (χ3n) is 3.29. The summed E-state index contributed by atoms with van der Waals surface area (Å²) in [6.07, 6.45) is 2.79. The Morgan fingerprint density at radius 1 is 1.32 bits per heavy atom. The van der Waals surface area contributed by atoms with Gasteiger partial charge >= 0.3 is 0 Å². The standard InChI is InChI=1S/C14H21Cl2NOS/c1-10(9-14(2,3)19(17)18)4-5-11-6-7-12(15)13(16)8-11/h6-8,10H,4-5,9,17H2,1-3H3/t10-,19?/m0/s1. The van der Waals surface area contributed by atoms with Crippen molar-refractivity contribution in [3.05, 3.63) is 33.8 Å². The molecule has 1 unspecified atom stereocenters. The summed E-state index contributed by atoms with van der Waals surface area (Å²) < 4.78 is 11.1. The van der Waals surface area contributed by atoms with Crippen molar-refractivity contribution in [2.45, 2.75) is 44.8 Å². The predicted octanol–water partition coefficient (Wildman–Crippen LogP) is 4.35. The van der Waals surface area contributed by atoms with Gasteiger partial charge in [0.2, 0.25) is 0 Å². The Morgan fingerprint density at radius 2 is 1.95 bits per heavy atom. The van der Waals surface area contributed by atoms with Crippen molar-refractivity contribution in [3.8, 4) is 0 Å². The Bertz CT molecular complexity index is 463. The number of hydrogen-bond donors (Lipinski definition) is 1. The summed E-state index contributed by atoms with van der Waals surface area (Å²) in [6.45, 7) is 6.05. The molecule has 0 heterocycles. The second kappa shape index (κ2) is 7.07. The lowest BCUT2D eigenvalue weighted by Crippen LogP contribution is -2.33. The van der Waals surface area contributed by atoms with Crippen LogP contribution in [0.15, 0.2) is 18.2 Å². The van der Waals surface area contributed by atoms with Crippen LogP contribution in [-0.2, 0) is 17.4 Å². The van der Waals surface area contributed by atoms with Gasteiger partial charge in [0, 0.05) is 0 Å². The Kier molecular flexibility index (Phi) is 6.31. The molecule has 0 aliphatic rings. The van der Waals surface area contributed by atoms with E-state index in [1.807, 2.05) is 32.0 Å². The quantitative estimate of drug-likeness (QED) is 0.831. The summed E-state index contributed by atoms with van der Waals surface area (Å²) in [5.74, 6) is 0.456. The lowest BCUT2D eigenvalue weighted by Gasteiger charge is -2.25. The third kappa shape index (κ3) is 5.42. The maximum atomic E-state index is 11.4. The average Bonchev–Trinajstić information content (AvgIpc) is 2.30. The summed E-state index contributed by atoms with van der Waals surface area (Å²) in [6, 6.07) is 5.72. The van der Waals surface area contributed by atoms with E-state index in [9.17, 15) is 4.21 Å². The molecule has 2 N–H and O–H groups in total. The number of nitrogens with two attached hydrogens (primary N) is 1. The Balaban J connectivity index is 2.52. The van der Waals surface area contributed by atoms with Gasteiger partial charge in [0.1, 0.15) is 0 Å². The van der Waals surface area contributed by atoms with E-state index in [1.54, 1.807) is 0 Å². The molecule has 5 heteroatoms. The van der Waals surface area contributed by atoms with E-state index in [4.69, 9.17) is 28.3 Å². The molecule has 0 aromatic heterocycles. The molecule has 19 heavy (non-hydrogen) atoms. The molecule has 1 aromatic carbocycles. The fourth-order valence-corrected chi connectivity index (χ4v) is 2.90. The molecule has 0 aliphatic heterocycles. The van der Waals surface area contributed by atoms with E-state index >= 15 is 0 Å². The van der Waals surface area contributed by atoms with E-state index in [0.29, 0.717) is 16.0 Å². The largest absolute Gasteiger partial charge is 0.251 e. The molecule has 1 rings (SSSR count). The maximum absolute atomic E-state index is 11.4. The van der Waals surface area contributed by atoms with Crippen molar-refractivity contribution in [2.75, 3.05) is 0 Å².